The topological polar surface area (TPSA) is 54.7 Å². The van der Waals surface area contributed by atoms with Gasteiger partial charge in [-0.1, -0.05) is 12.1 Å². The Balaban J connectivity index is 1.85. The Morgan fingerprint density at radius 2 is 2.09 bits per heavy atom. The molecule has 1 aliphatic rings. The Bertz CT molecular complexity index is 691. The molecule has 0 saturated carbocycles. The summed E-state index contributed by atoms with van der Waals surface area (Å²) in [5.41, 5.74) is 2.21. The molecule has 1 N–H and O–H groups in total. The van der Waals surface area contributed by atoms with Gasteiger partial charge in [-0.2, -0.15) is 0 Å². The van der Waals surface area contributed by atoms with Crippen LogP contribution in [0.4, 0.5) is 11.4 Å². The summed E-state index contributed by atoms with van der Waals surface area (Å²) < 4.78 is 10.3. The third kappa shape index (κ3) is 2.79. The van der Waals surface area contributed by atoms with Gasteiger partial charge in [0.1, 0.15) is 5.76 Å². The fourth-order valence-corrected chi connectivity index (χ4v) is 2.82. The molecule has 1 aromatic carbocycles. The Hall–Kier alpha value is -2.43. The first kappa shape index (κ1) is 14.5. The number of esters is 1. The third-order valence-electron chi connectivity index (χ3n) is 3.70. The Labute approximate surface area is 129 Å². The Morgan fingerprint density at radius 1 is 1.32 bits per heavy atom. The fourth-order valence-electron chi connectivity index (χ4n) is 2.82. The first-order valence-corrected chi connectivity index (χ1v) is 7.28. The number of methoxy groups -OCH3 is 1. The molecule has 2 aromatic rings. The molecule has 0 radical (unpaired) electrons. The molecule has 5 heteroatoms. The van der Waals surface area contributed by atoms with Gasteiger partial charge in [0.05, 0.1) is 25.0 Å². The van der Waals surface area contributed by atoms with Crippen molar-refractivity contribution in [1.82, 2.24) is 0 Å². The number of anilines is 2. The molecule has 0 spiro atoms. The molecule has 0 unspecified atom stereocenters. The van der Waals surface area contributed by atoms with E-state index in [0.717, 1.165) is 23.7 Å². The minimum atomic E-state index is -0.452. The van der Waals surface area contributed by atoms with Crippen LogP contribution in [0.15, 0.2) is 40.8 Å². The van der Waals surface area contributed by atoms with Crippen LogP contribution in [0.25, 0.3) is 0 Å². The van der Waals surface area contributed by atoms with E-state index in [1.807, 2.05) is 18.2 Å². The Morgan fingerprint density at radius 3 is 2.86 bits per heavy atom. The minimum absolute atomic E-state index is 0.0356. The number of hydrogen-bond donors (Lipinski definition) is 1. The van der Waals surface area contributed by atoms with Crippen molar-refractivity contribution in [2.24, 2.45) is 0 Å². The Kier molecular flexibility index (Phi) is 3.56. The largest absolute Gasteiger partial charge is 0.463 e. The molecule has 0 atom stereocenters. The number of fused-ring (bicyclic) bond motifs is 1. The van der Waals surface area contributed by atoms with Crippen LogP contribution in [-0.2, 0) is 11.3 Å². The molecule has 1 aromatic heterocycles. The van der Waals surface area contributed by atoms with Gasteiger partial charge < -0.3 is 19.4 Å². The molecule has 3 rings (SSSR count). The van der Waals surface area contributed by atoms with Crippen LogP contribution in [0, 0.1) is 0 Å². The van der Waals surface area contributed by atoms with Crippen molar-refractivity contribution >= 4 is 17.3 Å². The van der Waals surface area contributed by atoms with Gasteiger partial charge in [0.15, 0.2) is 0 Å². The van der Waals surface area contributed by atoms with Crippen LogP contribution in [0.3, 0.4) is 0 Å². The summed E-state index contributed by atoms with van der Waals surface area (Å²) in [5, 5.41) is 3.54. The molecule has 0 amide bonds. The number of benzene rings is 1. The van der Waals surface area contributed by atoms with Crippen molar-refractivity contribution in [2.75, 3.05) is 23.9 Å². The molecular weight excluding hydrogens is 280 g/mol. The van der Waals surface area contributed by atoms with Crippen molar-refractivity contribution in [3.63, 3.8) is 0 Å². The van der Waals surface area contributed by atoms with E-state index in [1.165, 1.54) is 7.11 Å². The minimum Gasteiger partial charge on any atom is -0.463 e. The molecule has 2 heterocycles. The van der Waals surface area contributed by atoms with Crippen LogP contribution in [0.5, 0.6) is 0 Å². The first-order chi connectivity index (χ1) is 10.5. The quantitative estimate of drug-likeness (QED) is 0.882. The van der Waals surface area contributed by atoms with Crippen molar-refractivity contribution in [3.8, 4) is 0 Å². The van der Waals surface area contributed by atoms with Gasteiger partial charge >= 0.3 is 5.97 Å². The van der Waals surface area contributed by atoms with Crippen LogP contribution in [0.2, 0.25) is 0 Å². The first-order valence-electron chi connectivity index (χ1n) is 7.28. The molecule has 116 valence electrons. The van der Waals surface area contributed by atoms with Crippen LogP contribution >= 0.6 is 0 Å². The van der Waals surface area contributed by atoms with E-state index in [-0.39, 0.29) is 11.3 Å². The maximum Gasteiger partial charge on any atom is 0.373 e. The van der Waals surface area contributed by atoms with Crippen molar-refractivity contribution < 1.29 is 13.9 Å². The SMILES string of the molecule is COC(=O)c1ccc(CN2CC(C)(C)Nc3ccccc32)o1. The van der Waals surface area contributed by atoms with E-state index in [4.69, 9.17) is 4.42 Å². The highest BCUT2D eigenvalue weighted by atomic mass is 16.5. The van der Waals surface area contributed by atoms with E-state index in [2.05, 4.69) is 40.9 Å². The second-order valence-electron chi connectivity index (χ2n) is 6.14. The second kappa shape index (κ2) is 5.40. The van der Waals surface area contributed by atoms with E-state index in [0.29, 0.717) is 6.54 Å². The summed E-state index contributed by atoms with van der Waals surface area (Å²) in [6.07, 6.45) is 0. The van der Waals surface area contributed by atoms with E-state index >= 15 is 0 Å². The number of hydrogen-bond acceptors (Lipinski definition) is 5. The lowest BCUT2D eigenvalue weighted by atomic mass is 9.99. The molecule has 1 aliphatic heterocycles. The summed E-state index contributed by atoms with van der Waals surface area (Å²) in [6, 6.07) is 11.7. The highest BCUT2D eigenvalue weighted by Gasteiger charge is 2.29. The highest BCUT2D eigenvalue weighted by molar-refractivity contribution is 5.86. The molecule has 0 aliphatic carbocycles. The molecule has 0 saturated heterocycles. The summed E-state index contributed by atoms with van der Waals surface area (Å²) >= 11 is 0. The van der Waals surface area contributed by atoms with Gasteiger partial charge in [0, 0.05) is 12.1 Å². The smallest absolute Gasteiger partial charge is 0.373 e. The van der Waals surface area contributed by atoms with Crippen LogP contribution < -0.4 is 10.2 Å². The molecule has 0 bridgehead atoms. The van der Waals surface area contributed by atoms with Crippen molar-refractivity contribution in [2.45, 2.75) is 25.9 Å². The highest BCUT2D eigenvalue weighted by Crippen LogP contribution is 2.35. The molecule has 0 fully saturated rings. The maximum absolute atomic E-state index is 11.5. The van der Waals surface area contributed by atoms with Gasteiger partial charge in [0.2, 0.25) is 5.76 Å². The standard InChI is InChI=1S/C17H20N2O3/c1-17(2)11-19(14-7-5-4-6-13(14)18-17)10-12-8-9-15(22-12)16(20)21-3/h4-9,18H,10-11H2,1-3H3. The number of carbonyl (C=O) groups is 1. The predicted octanol–water partition coefficient (Wildman–Crippen LogP) is 3.28. The zero-order valence-electron chi connectivity index (χ0n) is 13.1. The van der Waals surface area contributed by atoms with Crippen molar-refractivity contribution in [1.29, 1.82) is 0 Å². The second-order valence-corrected chi connectivity index (χ2v) is 6.14. The third-order valence-corrected chi connectivity index (χ3v) is 3.70. The zero-order chi connectivity index (χ0) is 15.7. The van der Waals surface area contributed by atoms with Crippen LogP contribution in [0.1, 0.15) is 30.2 Å². The summed E-state index contributed by atoms with van der Waals surface area (Å²) in [6.45, 7) is 5.79. The van der Waals surface area contributed by atoms with E-state index in [1.54, 1.807) is 6.07 Å². The lowest BCUT2D eigenvalue weighted by Gasteiger charge is -2.41. The van der Waals surface area contributed by atoms with Gasteiger partial charge in [-0.15, -0.1) is 0 Å². The number of furan rings is 1. The normalized spacial score (nSPS) is 15.9. The van der Waals surface area contributed by atoms with Gasteiger partial charge in [-0.25, -0.2) is 4.79 Å². The number of carbonyl (C=O) groups excluding carboxylic acids is 1. The average molecular weight is 300 g/mol. The zero-order valence-corrected chi connectivity index (χ0v) is 13.1. The molecule has 5 nitrogen and oxygen atoms in total. The lowest BCUT2D eigenvalue weighted by Crippen LogP contribution is -2.48. The summed E-state index contributed by atoms with van der Waals surface area (Å²) in [7, 11) is 1.35. The summed E-state index contributed by atoms with van der Waals surface area (Å²) in [5.74, 6) is 0.528. The lowest BCUT2D eigenvalue weighted by molar-refractivity contribution is 0.0563. The van der Waals surface area contributed by atoms with Gasteiger partial charge in [-0.3, -0.25) is 0 Å². The number of nitrogens with zero attached hydrogens (tertiary/aromatic N) is 1. The number of rotatable bonds is 3. The number of ether oxygens (including phenoxy) is 1. The number of para-hydroxylation sites is 2. The fraction of sp³-hybridized carbons (Fsp3) is 0.353. The monoisotopic (exact) mass is 300 g/mol. The average Bonchev–Trinajstić information content (AvgIpc) is 2.94. The van der Waals surface area contributed by atoms with E-state index < -0.39 is 5.97 Å². The number of nitrogens with one attached hydrogen (secondary N) is 1. The summed E-state index contributed by atoms with van der Waals surface area (Å²) in [4.78, 5) is 13.7. The predicted molar refractivity (Wildman–Crippen MR) is 85.2 cm³/mol. The van der Waals surface area contributed by atoms with Crippen molar-refractivity contribution in [3.05, 3.63) is 47.9 Å². The van der Waals surface area contributed by atoms with Gasteiger partial charge in [-0.05, 0) is 38.1 Å². The maximum atomic E-state index is 11.5. The molecular formula is C17H20N2O3. The van der Waals surface area contributed by atoms with Crippen LogP contribution in [-0.4, -0.2) is 25.2 Å². The van der Waals surface area contributed by atoms with Gasteiger partial charge in [0.25, 0.3) is 0 Å². The van der Waals surface area contributed by atoms with E-state index in [9.17, 15) is 4.79 Å². The molecule has 22 heavy (non-hydrogen) atoms.